The summed E-state index contributed by atoms with van der Waals surface area (Å²) in [6.45, 7) is 1.68. The van der Waals surface area contributed by atoms with E-state index in [0.717, 1.165) is 25.3 Å². The number of hydrogen-bond acceptors (Lipinski definition) is 3. The molecule has 0 saturated heterocycles. The van der Waals surface area contributed by atoms with Crippen molar-refractivity contribution in [2.24, 2.45) is 0 Å². The average Bonchev–Trinajstić information content (AvgIpc) is 2.57. The molecule has 13 heavy (non-hydrogen) atoms. The highest BCUT2D eigenvalue weighted by molar-refractivity contribution is 5.62. The summed E-state index contributed by atoms with van der Waals surface area (Å²) in [4.78, 5) is 13.5. The molecule has 0 saturated carbocycles. The molecule has 2 N–H and O–H groups in total. The number of nitrogens with two attached hydrogens (primary N) is 1. The van der Waals surface area contributed by atoms with Crippen LogP contribution in [0.15, 0.2) is 4.79 Å². The van der Waals surface area contributed by atoms with Gasteiger partial charge in [-0.2, -0.15) is 0 Å². The van der Waals surface area contributed by atoms with Gasteiger partial charge in [0.2, 0.25) is 0 Å². The molecule has 1 aromatic heterocycles. The molecule has 0 unspecified atom stereocenters. The Hall–Kier alpha value is -1.39. The van der Waals surface area contributed by atoms with E-state index >= 15 is 0 Å². The summed E-state index contributed by atoms with van der Waals surface area (Å²) >= 11 is 0. The van der Waals surface area contributed by atoms with Crippen molar-refractivity contribution in [3.8, 4) is 0 Å². The first-order valence-corrected chi connectivity index (χ1v) is 4.39. The quantitative estimate of drug-likeness (QED) is 0.649. The molecular formula is C8H14N4O. The summed E-state index contributed by atoms with van der Waals surface area (Å²) in [6.07, 6.45) is 1.02. The van der Waals surface area contributed by atoms with Crippen LogP contribution in [0.5, 0.6) is 0 Å². The topological polar surface area (TPSA) is 56.2 Å². The van der Waals surface area contributed by atoms with Crippen LogP contribution in [0.25, 0.3) is 0 Å². The van der Waals surface area contributed by atoms with E-state index in [1.807, 2.05) is 23.7 Å². The number of anilines is 2. The van der Waals surface area contributed by atoms with Gasteiger partial charge in [-0.1, -0.05) is 0 Å². The molecule has 5 heteroatoms. The molecule has 0 radical (unpaired) electrons. The standard InChI is InChI=1S/C8H14N4O/c1-10(2)7-6(9)8(13)12-5-3-4-11(7)12/h3-5,9H2,1-2H3. The number of nitrogens with zero attached hydrogens (tertiary/aromatic N) is 3. The lowest BCUT2D eigenvalue weighted by Gasteiger charge is -2.14. The van der Waals surface area contributed by atoms with Crippen LogP contribution >= 0.6 is 0 Å². The Morgan fingerprint density at radius 2 is 1.92 bits per heavy atom. The number of nitrogen functional groups attached to an aromatic ring is 1. The monoisotopic (exact) mass is 182 g/mol. The van der Waals surface area contributed by atoms with Crippen LogP contribution in [-0.4, -0.2) is 23.5 Å². The van der Waals surface area contributed by atoms with Gasteiger partial charge in [0.1, 0.15) is 5.69 Å². The molecule has 1 aliphatic rings. The molecule has 5 nitrogen and oxygen atoms in total. The van der Waals surface area contributed by atoms with E-state index in [0.29, 0.717) is 5.69 Å². The van der Waals surface area contributed by atoms with Crippen LogP contribution in [0, 0.1) is 0 Å². The van der Waals surface area contributed by atoms with Crippen molar-refractivity contribution in [3.63, 3.8) is 0 Å². The third-order valence-corrected chi connectivity index (χ3v) is 2.41. The molecule has 0 fully saturated rings. The second-order valence-corrected chi connectivity index (χ2v) is 3.54. The minimum atomic E-state index is -0.0544. The van der Waals surface area contributed by atoms with Crippen LogP contribution in [-0.2, 0) is 13.1 Å². The van der Waals surface area contributed by atoms with Crippen molar-refractivity contribution in [2.45, 2.75) is 19.5 Å². The molecule has 2 rings (SSSR count). The Balaban J connectivity index is 2.69. The number of aromatic nitrogens is 2. The number of rotatable bonds is 1. The zero-order chi connectivity index (χ0) is 9.59. The average molecular weight is 182 g/mol. The van der Waals surface area contributed by atoms with Crippen molar-refractivity contribution in [2.75, 3.05) is 24.7 Å². The molecule has 0 atom stereocenters. The van der Waals surface area contributed by atoms with Crippen LogP contribution in [0.3, 0.4) is 0 Å². The van der Waals surface area contributed by atoms with E-state index in [9.17, 15) is 4.79 Å². The first kappa shape index (κ1) is 8.22. The Morgan fingerprint density at radius 1 is 1.31 bits per heavy atom. The Labute approximate surface area is 76.3 Å². The maximum absolute atomic E-state index is 11.6. The van der Waals surface area contributed by atoms with Gasteiger partial charge in [0.25, 0.3) is 5.56 Å². The molecule has 1 aliphatic heterocycles. The first-order valence-electron chi connectivity index (χ1n) is 4.39. The van der Waals surface area contributed by atoms with Crippen molar-refractivity contribution in [1.29, 1.82) is 0 Å². The summed E-state index contributed by atoms with van der Waals surface area (Å²) in [6, 6.07) is 0. The third kappa shape index (κ3) is 0.961. The molecule has 0 amide bonds. The van der Waals surface area contributed by atoms with E-state index < -0.39 is 0 Å². The van der Waals surface area contributed by atoms with Gasteiger partial charge in [0.05, 0.1) is 0 Å². The Kier molecular flexibility index (Phi) is 1.61. The lowest BCUT2D eigenvalue weighted by atomic mass is 10.4. The number of hydrogen-bond donors (Lipinski definition) is 1. The minimum absolute atomic E-state index is 0.0544. The van der Waals surface area contributed by atoms with Crippen molar-refractivity contribution in [3.05, 3.63) is 10.4 Å². The van der Waals surface area contributed by atoms with Gasteiger partial charge in [0, 0.05) is 27.2 Å². The molecule has 2 heterocycles. The predicted octanol–water partition coefficient (Wildman–Crippen LogP) is -0.298. The van der Waals surface area contributed by atoms with Crippen molar-refractivity contribution < 1.29 is 0 Å². The van der Waals surface area contributed by atoms with Gasteiger partial charge < -0.3 is 10.6 Å². The SMILES string of the molecule is CN(C)c1c(N)c(=O)n2n1CCC2. The fourth-order valence-corrected chi connectivity index (χ4v) is 1.89. The van der Waals surface area contributed by atoms with Gasteiger partial charge in [-0.3, -0.25) is 9.48 Å². The van der Waals surface area contributed by atoms with E-state index in [4.69, 9.17) is 5.73 Å². The normalized spacial score (nSPS) is 14.6. The maximum Gasteiger partial charge on any atom is 0.292 e. The summed E-state index contributed by atoms with van der Waals surface area (Å²) in [5, 5.41) is 0. The van der Waals surface area contributed by atoms with Crippen LogP contribution in [0.4, 0.5) is 11.5 Å². The zero-order valence-corrected chi connectivity index (χ0v) is 7.95. The molecule has 0 aliphatic carbocycles. The third-order valence-electron chi connectivity index (χ3n) is 2.41. The maximum atomic E-state index is 11.6. The number of fused-ring (bicyclic) bond motifs is 1. The Bertz CT molecular complexity index is 388. The zero-order valence-electron chi connectivity index (χ0n) is 7.95. The van der Waals surface area contributed by atoms with Gasteiger partial charge in [0.15, 0.2) is 5.82 Å². The smallest absolute Gasteiger partial charge is 0.292 e. The first-order chi connectivity index (χ1) is 6.13. The highest BCUT2D eigenvalue weighted by Crippen LogP contribution is 2.22. The largest absolute Gasteiger partial charge is 0.391 e. The molecule has 0 aromatic carbocycles. The van der Waals surface area contributed by atoms with Gasteiger partial charge in [-0.15, -0.1) is 0 Å². The fraction of sp³-hybridized carbons (Fsp3) is 0.625. The molecular weight excluding hydrogens is 168 g/mol. The summed E-state index contributed by atoms with van der Waals surface area (Å²) in [5.41, 5.74) is 6.03. The Morgan fingerprint density at radius 3 is 2.54 bits per heavy atom. The summed E-state index contributed by atoms with van der Waals surface area (Å²) < 4.78 is 3.67. The minimum Gasteiger partial charge on any atom is -0.391 e. The molecule has 0 bridgehead atoms. The van der Waals surface area contributed by atoms with E-state index in [-0.39, 0.29) is 5.56 Å². The predicted molar refractivity (Wildman–Crippen MR) is 52.0 cm³/mol. The second-order valence-electron chi connectivity index (χ2n) is 3.54. The second kappa shape index (κ2) is 2.55. The molecule has 1 aromatic rings. The summed E-state index contributed by atoms with van der Waals surface area (Å²) in [5.74, 6) is 0.836. The van der Waals surface area contributed by atoms with Gasteiger partial charge >= 0.3 is 0 Å². The van der Waals surface area contributed by atoms with Crippen molar-refractivity contribution >= 4 is 11.5 Å². The van der Waals surface area contributed by atoms with Gasteiger partial charge in [-0.25, -0.2) is 4.68 Å². The van der Waals surface area contributed by atoms with Crippen molar-refractivity contribution in [1.82, 2.24) is 9.36 Å². The van der Waals surface area contributed by atoms with E-state index in [1.54, 1.807) is 4.68 Å². The van der Waals surface area contributed by atoms with Gasteiger partial charge in [-0.05, 0) is 6.42 Å². The lowest BCUT2D eigenvalue weighted by molar-refractivity contribution is 0.593. The molecule has 0 spiro atoms. The van der Waals surface area contributed by atoms with Crippen LogP contribution in [0.1, 0.15) is 6.42 Å². The van der Waals surface area contributed by atoms with E-state index in [2.05, 4.69) is 0 Å². The van der Waals surface area contributed by atoms with Crippen LogP contribution < -0.4 is 16.2 Å². The van der Waals surface area contributed by atoms with Crippen LogP contribution in [0.2, 0.25) is 0 Å². The highest BCUT2D eigenvalue weighted by Gasteiger charge is 2.22. The van der Waals surface area contributed by atoms with E-state index in [1.165, 1.54) is 0 Å². The highest BCUT2D eigenvalue weighted by atomic mass is 16.1. The summed E-state index contributed by atoms with van der Waals surface area (Å²) in [7, 11) is 3.80. The lowest BCUT2D eigenvalue weighted by Crippen LogP contribution is -2.18. The molecule has 72 valence electrons. The fourth-order valence-electron chi connectivity index (χ4n) is 1.89.